The van der Waals surface area contributed by atoms with Crippen LogP contribution in [0.5, 0.6) is 0 Å². The van der Waals surface area contributed by atoms with Crippen LogP contribution in [0.15, 0.2) is 36.5 Å². The van der Waals surface area contributed by atoms with Gasteiger partial charge in [-0.15, -0.1) is 0 Å². The van der Waals surface area contributed by atoms with Crippen molar-refractivity contribution in [3.63, 3.8) is 0 Å². The molecule has 0 bridgehead atoms. The van der Waals surface area contributed by atoms with Crippen molar-refractivity contribution in [3.8, 4) is 0 Å². The summed E-state index contributed by atoms with van der Waals surface area (Å²) in [5, 5.41) is 7.27. The quantitative estimate of drug-likeness (QED) is 0.847. The van der Waals surface area contributed by atoms with Crippen LogP contribution in [0.4, 0.5) is 0 Å². The van der Waals surface area contributed by atoms with E-state index in [1.165, 1.54) is 0 Å². The molecule has 0 fully saturated rings. The number of aromatic nitrogens is 1. The van der Waals surface area contributed by atoms with E-state index in [1.807, 2.05) is 30.3 Å². The second-order valence-corrected chi connectivity index (χ2v) is 5.13. The fourth-order valence-electron chi connectivity index (χ4n) is 2.07. The molecule has 106 valence electrons. The topological polar surface area (TPSA) is 54.0 Å². The van der Waals surface area contributed by atoms with E-state index >= 15 is 0 Å². The van der Waals surface area contributed by atoms with Gasteiger partial charge < -0.3 is 10.6 Å². The minimum Gasteiger partial charge on any atom is -0.352 e. The van der Waals surface area contributed by atoms with Gasteiger partial charge in [0.1, 0.15) is 0 Å². The van der Waals surface area contributed by atoms with Crippen LogP contribution in [-0.4, -0.2) is 23.5 Å². The summed E-state index contributed by atoms with van der Waals surface area (Å²) in [6, 6.07) is 10.4. The molecular formula is C16H21N3O. The molecule has 0 aliphatic heterocycles. The summed E-state index contributed by atoms with van der Waals surface area (Å²) in [6.45, 7) is 5.37. The van der Waals surface area contributed by atoms with Gasteiger partial charge in [-0.25, -0.2) is 0 Å². The Bertz CT molecular complexity index is 575. The number of benzene rings is 1. The van der Waals surface area contributed by atoms with E-state index < -0.39 is 0 Å². The monoisotopic (exact) mass is 271 g/mol. The van der Waals surface area contributed by atoms with Crippen molar-refractivity contribution in [1.82, 2.24) is 15.6 Å². The van der Waals surface area contributed by atoms with E-state index in [0.29, 0.717) is 25.6 Å². The molecule has 0 aliphatic rings. The number of nitrogens with one attached hydrogen (secondary N) is 2. The van der Waals surface area contributed by atoms with E-state index in [-0.39, 0.29) is 5.91 Å². The van der Waals surface area contributed by atoms with E-state index in [2.05, 4.69) is 29.5 Å². The number of rotatable bonds is 6. The Morgan fingerprint density at radius 1 is 1.25 bits per heavy atom. The minimum atomic E-state index is 0.0612. The van der Waals surface area contributed by atoms with Crippen molar-refractivity contribution in [2.75, 3.05) is 6.54 Å². The number of pyridine rings is 1. The van der Waals surface area contributed by atoms with Gasteiger partial charge in [-0.1, -0.05) is 38.1 Å². The largest absolute Gasteiger partial charge is 0.352 e. The van der Waals surface area contributed by atoms with Crippen LogP contribution in [0, 0.1) is 0 Å². The zero-order valence-electron chi connectivity index (χ0n) is 12.0. The third-order valence-corrected chi connectivity index (χ3v) is 3.10. The number of fused-ring (bicyclic) bond motifs is 1. The van der Waals surface area contributed by atoms with Gasteiger partial charge in [0.25, 0.3) is 0 Å². The Labute approximate surface area is 119 Å². The summed E-state index contributed by atoms with van der Waals surface area (Å²) < 4.78 is 0. The Morgan fingerprint density at radius 3 is 2.85 bits per heavy atom. The highest BCUT2D eigenvalue weighted by atomic mass is 16.1. The lowest BCUT2D eigenvalue weighted by molar-refractivity contribution is -0.121. The van der Waals surface area contributed by atoms with Crippen LogP contribution >= 0.6 is 0 Å². The first-order chi connectivity index (χ1) is 9.66. The second-order valence-electron chi connectivity index (χ2n) is 5.13. The summed E-state index contributed by atoms with van der Waals surface area (Å²) >= 11 is 0. The van der Waals surface area contributed by atoms with E-state index in [4.69, 9.17) is 0 Å². The average molecular weight is 271 g/mol. The average Bonchev–Trinajstić information content (AvgIpc) is 2.44. The molecule has 2 N–H and O–H groups in total. The van der Waals surface area contributed by atoms with Gasteiger partial charge in [0.15, 0.2) is 0 Å². The molecule has 20 heavy (non-hydrogen) atoms. The van der Waals surface area contributed by atoms with Gasteiger partial charge in [-0.05, 0) is 11.6 Å². The van der Waals surface area contributed by atoms with Crippen LogP contribution < -0.4 is 10.6 Å². The SMILES string of the molecule is CC(C)NCCC(=O)NCc1cccc2cccnc12. The normalized spacial score (nSPS) is 10.9. The third-order valence-electron chi connectivity index (χ3n) is 3.10. The highest BCUT2D eigenvalue weighted by Crippen LogP contribution is 2.15. The van der Waals surface area contributed by atoms with Gasteiger partial charge >= 0.3 is 0 Å². The van der Waals surface area contributed by atoms with Gasteiger partial charge in [-0.2, -0.15) is 0 Å². The molecule has 0 saturated heterocycles. The van der Waals surface area contributed by atoms with E-state index in [1.54, 1.807) is 6.20 Å². The molecule has 4 heteroatoms. The maximum absolute atomic E-state index is 11.8. The van der Waals surface area contributed by atoms with Crippen molar-refractivity contribution in [1.29, 1.82) is 0 Å². The second kappa shape index (κ2) is 7.01. The van der Waals surface area contributed by atoms with Crippen molar-refractivity contribution in [2.24, 2.45) is 0 Å². The smallest absolute Gasteiger partial charge is 0.221 e. The van der Waals surface area contributed by atoms with Crippen LogP contribution in [0.3, 0.4) is 0 Å². The zero-order chi connectivity index (χ0) is 14.4. The first kappa shape index (κ1) is 14.5. The van der Waals surface area contributed by atoms with Crippen molar-refractivity contribution < 1.29 is 4.79 Å². The molecule has 0 radical (unpaired) electrons. The summed E-state index contributed by atoms with van der Waals surface area (Å²) in [5.41, 5.74) is 2.00. The molecule has 0 aliphatic carbocycles. The molecule has 2 rings (SSSR count). The van der Waals surface area contributed by atoms with E-state index in [9.17, 15) is 4.79 Å². The van der Waals surface area contributed by atoms with Gasteiger partial charge in [0.05, 0.1) is 5.52 Å². The number of hydrogen-bond donors (Lipinski definition) is 2. The van der Waals surface area contributed by atoms with Gasteiger partial charge in [0, 0.05) is 37.1 Å². The maximum atomic E-state index is 11.8. The Balaban J connectivity index is 1.91. The van der Waals surface area contributed by atoms with Crippen molar-refractivity contribution in [2.45, 2.75) is 32.9 Å². The fourth-order valence-corrected chi connectivity index (χ4v) is 2.07. The molecular weight excluding hydrogens is 250 g/mol. The van der Waals surface area contributed by atoms with Crippen LogP contribution in [0.25, 0.3) is 10.9 Å². The number of carbonyl (C=O) groups is 1. The highest BCUT2D eigenvalue weighted by Gasteiger charge is 2.05. The standard InChI is InChI=1S/C16H21N3O/c1-12(2)17-10-8-15(20)19-11-14-6-3-5-13-7-4-9-18-16(13)14/h3-7,9,12,17H,8,10-11H2,1-2H3,(H,19,20). The molecule has 0 unspecified atom stereocenters. The molecule has 1 aromatic heterocycles. The van der Waals surface area contributed by atoms with Crippen LogP contribution in [0.1, 0.15) is 25.8 Å². The molecule has 2 aromatic rings. The Morgan fingerprint density at radius 2 is 2.05 bits per heavy atom. The Kier molecular flexibility index (Phi) is 5.07. The third kappa shape index (κ3) is 4.03. The van der Waals surface area contributed by atoms with Crippen molar-refractivity contribution >= 4 is 16.8 Å². The van der Waals surface area contributed by atoms with Gasteiger partial charge in [0.2, 0.25) is 5.91 Å². The molecule has 1 heterocycles. The predicted octanol–water partition coefficient (Wildman–Crippen LogP) is 2.24. The molecule has 0 spiro atoms. The molecule has 1 aromatic carbocycles. The minimum absolute atomic E-state index is 0.0612. The fraction of sp³-hybridized carbons (Fsp3) is 0.375. The molecule has 0 atom stereocenters. The molecule has 1 amide bonds. The molecule has 0 saturated carbocycles. The highest BCUT2D eigenvalue weighted by molar-refractivity contribution is 5.82. The number of amides is 1. The number of carbonyl (C=O) groups excluding carboxylic acids is 1. The summed E-state index contributed by atoms with van der Waals surface area (Å²) in [4.78, 5) is 16.1. The van der Waals surface area contributed by atoms with Crippen molar-refractivity contribution in [3.05, 3.63) is 42.1 Å². The number of hydrogen-bond acceptors (Lipinski definition) is 3. The number of nitrogens with zero attached hydrogens (tertiary/aromatic N) is 1. The van der Waals surface area contributed by atoms with Crippen LogP contribution in [-0.2, 0) is 11.3 Å². The summed E-state index contributed by atoms with van der Waals surface area (Å²) in [7, 11) is 0. The molecule has 4 nitrogen and oxygen atoms in total. The Hall–Kier alpha value is -1.94. The lowest BCUT2D eigenvalue weighted by Crippen LogP contribution is -2.30. The first-order valence-corrected chi connectivity index (χ1v) is 6.99. The van der Waals surface area contributed by atoms with Crippen LogP contribution in [0.2, 0.25) is 0 Å². The predicted molar refractivity (Wildman–Crippen MR) is 81.3 cm³/mol. The summed E-state index contributed by atoms with van der Waals surface area (Å²) in [6.07, 6.45) is 2.27. The lowest BCUT2D eigenvalue weighted by atomic mass is 10.1. The zero-order valence-corrected chi connectivity index (χ0v) is 12.0. The van der Waals surface area contributed by atoms with Gasteiger partial charge in [-0.3, -0.25) is 9.78 Å². The number of para-hydroxylation sites is 1. The maximum Gasteiger partial charge on any atom is 0.221 e. The first-order valence-electron chi connectivity index (χ1n) is 6.99. The van der Waals surface area contributed by atoms with E-state index in [0.717, 1.165) is 16.5 Å². The lowest BCUT2D eigenvalue weighted by Gasteiger charge is -2.09. The summed E-state index contributed by atoms with van der Waals surface area (Å²) in [5.74, 6) is 0.0612.